The summed E-state index contributed by atoms with van der Waals surface area (Å²) in [5.74, 6) is -0.175. The van der Waals surface area contributed by atoms with Crippen LogP contribution < -0.4 is 21.9 Å². The molecule has 0 saturated heterocycles. The molecule has 1 aliphatic carbocycles. The zero-order valence-corrected chi connectivity index (χ0v) is 15.5. The van der Waals surface area contributed by atoms with Crippen LogP contribution in [0.1, 0.15) is 12.0 Å². The molecular formula is C17H23ClN6O3. The Morgan fingerprint density at radius 3 is 2.48 bits per heavy atom. The highest BCUT2D eigenvalue weighted by molar-refractivity contribution is 6.32. The van der Waals surface area contributed by atoms with Gasteiger partial charge in [0, 0.05) is 12.5 Å². The molecule has 8 N–H and O–H groups in total. The number of nitrogens with zero attached hydrogens (tertiary/aromatic N) is 2. The first-order chi connectivity index (χ1) is 12.9. The number of hydrogen-bond acceptors (Lipinski definition) is 9. The molecule has 146 valence electrons. The molecular weight excluding hydrogens is 372 g/mol. The third-order valence-electron chi connectivity index (χ3n) is 4.62. The molecule has 4 atom stereocenters. The van der Waals surface area contributed by atoms with Gasteiger partial charge >= 0.3 is 0 Å². The van der Waals surface area contributed by atoms with Crippen LogP contribution in [0.2, 0.25) is 5.15 Å². The SMILES string of the molecule is Cc1ccc(NNc2c(Cl)nc(N)nc2N[C@@H]2C[C@H](CO)[C@@H](O)[C@H]2O)cc1. The Labute approximate surface area is 161 Å². The molecule has 1 aliphatic rings. The van der Waals surface area contributed by atoms with Gasteiger partial charge in [-0.25, -0.2) is 0 Å². The van der Waals surface area contributed by atoms with Gasteiger partial charge in [0.2, 0.25) is 5.95 Å². The maximum Gasteiger partial charge on any atom is 0.223 e. The van der Waals surface area contributed by atoms with Gasteiger partial charge in [-0.05, 0) is 25.5 Å². The van der Waals surface area contributed by atoms with E-state index in [9.17, 15) is 15.3 Å². The van der Waals surface area contributed by atoms with Gasteiger partial charge in [0.15, 0.2) is 11.0 Å². The number of aliphatic hydroxyl groups is 3. The van der Waals surface area contributed by atoms with Gasteiger partial charge in [-0.1, -0.05) is 29.3 Å². The van der Waals surface area contributed by atoms with Crippen LogP contribution in [0.3, 0.4) is 0 Å². The molecule has 9 nitrogen and oxygen atoms in total. The average molecular weight is 395 g/mol. The molecule has 0 radical (unpaired) electrons. The zero-order chi connectivity index (χ0) is 19.6. The van der Waals surface area contributed by atoms with Gasteiger partial charge in [0.25, 0.3) is 0 Å². The number of hydrazine groups is 1. The lowest BCUT2D eigenvalue weighted by Crippen LogP contribution is -2.36. The summed E-state index contributed by atoms with van der Waals surface area (Å²) in [6.45, 7) is 1.77. The predicted octanol–water partition coefficient (Wildman–Crippen LogP) is 0.974. The highest BCUT2D eigenvalue weighted by atomic mass is 35.5. The van der Waals surface area contributed by atoms with Crippen LogP contribution in [-0.4, -0.2) is 50.1 Å². The van der Waals surface area contributed by atoms with Gasteiger partial charge in [-0.2, -0.15) is 9.97 Å². The van der Waals surface area contributed by atoms with E-state index in [-0.39, 0.29) is 23.5 Å². The van der Waals surface area contributed by atoms with E-state index < -0.39 is 24.2 Å². The number of aromatic nitrogens is 2. The average Bonchev–Trinajstić information content (AvgIpc) is 2.90. The zero-order valence-electron chi connectivity index (χ0n) is 14.7. The van der Waals surface area contributed by atoms with E-state index in [2.05, 4.69) is 26.1 Å². The molecule has 1 fully saturated rings. The number of rotatable bonds is 6. The summed E-state index contributed by atoms with van der Waals surface area (Å²) in [6, 6.07) is 7.17. The molecule has 1 saturated carbocycles. The second kappa shape index (κ2) is 8.13. The quantitative estimate of drug-likeness (QED) is 0.281. The lowest BCUT2D eigenvalue weighted by Gasteiger charge is -2.21. The van der Waals surface area contributed by atoms with Crippen LogP contribution >= 0.6 is 11.6 Å². The summed E-state index contributed by atoms with van der Waals surface area (Å²) in [7, 11) is 0. The Morgan fingerprint density at radius 2 is 1.85 bits per heavy atom. The fourth-order valence-electron chi connectivity index (χ4n) is 3.06. The molecule has 2 aromatic rings. The van der Waals surface area contributed by atoms with Gasteiger partial charge in [-0.15, -0.1) is 0 Å². The maximum absolute atomic E-state index is 10.2. The molecule has 0 bridgehead atoms. The van der Waals surface area contributed by atoms with E-state index in [1.165, 1.54) is 0 Å². The predicted molar refractivity (Wildman–Crippen MR) is 104 cm³/mol. The number of aryl methyl sites for hydroxylation is 1. The summed E-state index contributed by atoms with van der Waals surface area (Å²) in [5, 5.41) is 32.7. The maximum atomic E-state index is 10.2. The molecule has 10 heteroatoms. The molecule has 1 aromatic heterocycles. The van der Waals surface area contributed by atoms with Crippen molar-refractivity contribution in [3.05, 3.63) is 35.0 Å². The van der Waals surface area contributed by atoms with Gasteiger partial charge in [-0.3, -0.25) is 5.43 Å². The molecule has 0 unspecified atom stereocenters. The topological polar surface area (TPSA) is 149 Å². The van der Waals surface area contributed by atoms with Gasteiger partial charge in [0.1, 0.15) is 11.8 Å². The van der Waals surface area contributed by atoms with Crippen molar-refractivity contribution in [3.63, 3.8) is 0 Å². The van der Waals surface area contributed by atoms with E-state index in [4.69, 9.17) is 17.3 Å². The van der Waals surface area contributed by atoms with Crippen LogP contribution in [-0.2, 0) is 0 Å². The van der Waals surface area contributed by atoms with Crippen molar-refractivity contribution >= 4 is 34.7 Å². The normalized spacial score (nSPS) is 24.6. The minimum atomic E-state index is -1.06. The van der Waals surface area contributed by atoms with Crippen molar-refractivity contribution in [1.29, 1.82) is 0 Å². The van der Waals surface area contributed by atoms with E-state index in [1.807, 2.05) is 31.2 Å². The fraction of sp³-hybridized carbons (Fsp3) is 0.412. The second-order valence-corrected chi connectivity index (χ2v) is 6.98. The third kappa shape index (κ3) is 4.33. The molecule has 0 spiro atoms. The summed E-state index contributed by atoms with van der Waals surface area (Å²) in [5.41, 5.74) is 13.9. The van der Waals surface area contributed by atoms with Crippen LogP contribution in [0.25, 0.3) is 0 Å². The number of aliphatic hydroxyl groups excluding tert-OH is 3. The number of hydrogen-bond donors (Lipinski definition) is 7. The first-order valence-electron chi connectivity index (χ1n) is 8.54. The Hall–Kier alpha value is -2.33. The first kappa shape index (κ1) is 19.4. The number of benzene rings is 1. The highest BCUT2D eigenvalue weighted by Crippen LogP contribution is 2.33. The van der Waals surface area contributed by atoms with E-state index >= 15 is 0 Å². The molecule has 1 heterocycles. The van der Waals surface area contributed by atoms with Crippen molar-refractivity contribution in [3.8, 4) is 0 Å². The van der Waals surface area contributed by atoms with Gasteiger partial charge < -0.3 is 31.8 Å². The minimum Gasteiger partial charge on any atom is -0.396 e. The number of halogens is 1. The van der Waals surface area contributed by atoms with Crippen LogP contribution in [0.5, 0.6) is 0 Å². The molecule has 27 heavy (non-hydrogen) atoms. The smallest absolute Gasteiger partial charge is 0.223 e. The Kier molecular flexibility index (Phi) is 5.85. The lowest BCUT2D eigenvalue weighted by molar-refractivity contribution is 0.00446. The van der Waals surface area contributed by atoms with E-state index in [0.717, 1.165) is 11.3 Å². The van der Waals surface area contributed by atoms with Crippen LogP contribution in [0.15, 0.2) is 24.3 Å². The monoisotopic (exact) mass is 394 g/mol. The number of anilines is 4. The first-order valence-corrected chi connectivity index (χ1v) is 8.92. The largest absolute Gasteiger partial charge is 0.396 e. The highest BCUT2D eigenvalue weighted by Gasteiger charge is 2.41. The second-order valence-electron chi connectivity index (χ2n) is 6.62. The van der Waals surface area contributed by atoms with Crippen molar-refractivity contribution in [2.45, 2.75) is 31.6 Å². The Bertz CT molecular complexity index is 791. The molecule has 0 aliphatic heterocycles. The van der Waals surface area contributed by atoms with Gasteiger partial charge in [0.05, 0.1) is 17.8 Å². The number of nitrogens with one attached hydrogen (secondary N) is 3. The third-order valence-corrected chi connectivity index (χ3v) is 4.90. The summed E-state index contributed by atoms with van der Waals surface area (Å²) in [6.07, 6.45) is -1.72. The van der Waals surface area contributed by atoms with Crippen LogP contribution in [0, 0.1) is 12.8 Å². The molecule has 0 amide bonds. The fourth-order valence-corrected chi connectivity index (χ4v) is 3.28. The van der Waals surface area contributed by atoms with E-state index in [0.29, 0.717) is 12.1 Å². The van der Waals surface area contributed by atoms with E-state index in [1.54, 1.807) is 0 Å². The Balaban J connectivity index is 1.79. The molecule has 1 aromatic carbocycles. The van der Waals surface area contributed by atoms with Crippen molar-refractivity contribution in [1.82, 2.24) is 9.97 Å². The standard InChI is InChI=1S/C17H23ClN6O3/c1-8-2-4-10(5-3-8)23-24-12-15(18)21-17(19)22-16(12)20-11-6-9(7-25)13(26)14(11)27/h2-5,9,11,13-14,23-27H,6-7H2,1H3,(H3,19,20,21,22)/t9-,11-,13-,14+/m1/s1. The van der Waals surface area contributed by atoms with Crippen molar-refractivity contribution in [2.24, 2.45) is 5.92 Å². The summed E-state index contributed by atoms with van der Waals surface area (Å²) in [4.78, 5) is 8.09. The number of nitrogens with two attached hydrogens (primary N) is 1. The van der Waals surface area contributed by atoms with Crippen molar-refractivity contribution in [2.75, 3.05) is 28.5 Å². The van der Waals surface area contributed by atoms with Crippen molar-refractivity contribution < 1.29 is 15.3 Å². The Morgan fingerprint density at radius 1 is 1.15 bits per heavy atom. The van der Waals surface area contributed by atoms with Crippen LogP contribution in [0.4, 0.5) is 23.1 Å². The summed E-state index contributed by atoms with van der Waals surface area (Å²) < 4.78 is 0. The minimum absolute atomic E-state index is 0.0323. The lowest BCUT2D eigenvalue weighted by atomic mass is 10.1. The number of nitrogen functional groups attached to an aromatic ring is 1. The molecule has 3 rings (SSSR count). The summed E-state index contributed by atoms with van der Waals surface area (Å²) >= 11 is 6.21.